The second-order valence-electron chi connectivity index (χ2n) is 6.66. The van der Waals surface area contributed by atoms with Gasteiger partial charge in [-0.15, -0.1) is 0 Å². The van der Waals surface area contributed by atoms with Crippen molar-refractivity contribution < 1.29 is 19.1 Å². The molecule has 0 radical (unpaired) electrons. The van der Waals surface area contributed by atoms with Gasteiger partial charge in [0, 0.05) is 30.8 Å². The molecule has 0 unspecified atom stereocenters. The zero-order chi connectivity index (χ0) is 19.8. The number of aryl methyl sites for hydroxylation is 1. The molecule has 2 aromatic carbocycles. The van der Waals surface area contributed by atoms with Crippen LogP contribution in [0.2, 0.25) is 0 Å². The van der Waals surface area contributed by atoms with Crippen LogP contribution in [0.4, 0.5) is 5.69 Å². The molecule has 148 valence electrons. The molecule has 6 nitrogen and oxygen atoms in total. The summed E-state index contributed by atoms with van der Waals surface area (Å²) < 4.78 is 10.6. The van der Waals surface area contributed by atoms with Crippen molar-refractivity contribution in [2.45, 2.75) is 12.8 Å². The van der Waals surface area contributed by atoms with Crippen LogP contribution in [0.3, 0.4) is 0 Å². The van der Waals surface area contributed by atoms with Gasteiger partial charge < -0.3 is 19.7 Å². The SMILES string of the molecule is COc1ccccc1CCC(=O)NCC(=O)c1ccc(N2CCOCC2)cc1. The van der Waals surface area contributed by atoms with E-state index >= 15 is 0 Å². The van der Waals surface area contributed by atoms with E-state index in [4.69, 9.17) is 9.47 Å². The van der Waals surface area contributed by atoms with Gasteiger partial charge in [0.25, 0.3) is 0 Å². The van der Waals surface area contributed by atoms with Gasteiger partial charge in [-0.25, -0.2) is 0 Å². The van der Waals surface area contributed by atoms with E-state index in [1.165, 1.54) is 0 Å². The molecule has 0 saturated carbocycles. The molecule has 0 spiro atoms. The topological polar surface area (TPSA) is 67.9 Å². The van der Waals surface area contributed by atoms with Crippen molar-refractivity contribution in [1.82, 2.24) is 5.32 Å². The van der Waals surface area contributed by atoms with Crippen LogP contribution in [-0.4, -0.2) is 51.6 Å². The van der Waals surface area contributed by atoms with Gasteiger partial charge in [0.2, 0.25) is 5.91 Å². The molecule has 0 aliphatic carbocycles. The Morgan fingerprint density at radius 1 is 1.07 bits per heavy atom. The first-order chi connectivity index (χ1) is 13.7. The predicted octanol–water partition coefficient (Wildman–Crippen LogP) is 2.46. The molecule has 1 N–H and O–H groups in total. The van der Waals surface area contributed by atoms with E-state index < -0.39 is 0 Å². The Balaban J connectivity index is 1.46. The summed E-state index contributed by atoms with van der Waals surface area (Å²) in [5.41, 5.74) is 2.66. The van der Waals surface area contributed by atoms with Crippen LogP contribution in [0, 0.1) is 0 Å². The summed E-state index contributed by atoms with van der Waals surface area (Å²) in [4.78, 5) is 26.7. The first-order valence-electron chi connectivity index (χ1n) is 9.52. The molecule has 0 bridgehead atoms. The Kier molecular flexibility index (Phi) is 7.03. The first-order valence-corrected chi connectivity index (χ1v) is 9.52. The summed E-state index contributed by atoms with van der Waals surface area (Å²) >= 11 is 0. The van der Waals surface area contributed by atoms with E-state index in [2.05, 4.69) is 10.2 Å². The van der Waals surface area contributed by atoms with Crippen LogP contribution in [-0.2, 0) is 16.0 Å². The molecule has 3 rings (SSSR count). The lowest BCUT2D eigenvalue weighted by atomic mass is 10.1. The minimum Gasteiger partial charge on any atom is -0.496 e. The number of amides is 1. The fourth-order valence-electron chi connectivity index (χ4n) is 3.21. The molecule has 1 heterocycles. The van der Waals surface area contributed by atoms with Crippen LogP contribution in [0.1, 0.15) is 22.3 Å². The fraction of sp³-hybridized carbons (Fsp3) is 0.364. The lowest BCUT2D eigenvalue weighted by Gasteiger charge is -2.28. The van der Waals surface area contributed by atoms with Crippen LogP contribution < -0.4 is 15.0 Å². The lowest BCUT2D eigenvalue weighted by molar-refractivity contribution is -0.120. The van der Waals surface area contributed by atoms with Crippen molar-refractivity contribution >= 4 is 17.4 Å². The largest absolute Gasteiger partial charge is 0.496 e. The summed E-state index contributed by atoms with van der Waals surface area (Å²) in [7, 11) is 1.61. The molecular weight excluding hydrogens is 356 g/mol. The van der Waals surface area contributed by atoms with Crippen LogP contribution >= 0.6 is 0 Å². The fourth-order valence-corrected chi connectivity index (χ4v) is 3.21. The van der Waals surface area contributed by atoms with Crippen molar-refractivity contribution in [3.63, 3.8) is 0 Å². The molecule has 0 aromatic heterocycles. The number of morpholine rings is 1. The third-order valence-corrected chi connectivity index (χ3v) is 4.83. The molecule has 1 saturated heterocycles. The number of hydrogen-bond acceptors (Lipinski definition) is 5. The van der Waals surface area contributed by atoms with Crippen molar-refractivity contribution in [3.05, 3.63) is 59.7 Å². The molecule has 1 aliphatic heterocycles. The minimum absolute atomic E-state index is 0.00165. The first kappa shape index (κ1) is 19.9. The van der Waals surface area contributed by atoms with E-state index in [9.17, 15) is 9.59 Å². The summed E-state index contributed by atoms with van der Waals surface area (Å²) in [5, 5.41) is 2.71. The average molecular weight is 382 g/mol. The number of hydrogen-bond donors (Lipinski definition) is 1. The molecule has 2 aromatic rings. The van der Waals surface area contributed by atoms with Crippen LogP contribution in [0.25, 0.3) is 0 Å². The number of nitrogens with one attached hydrogen (secondary N) is 1. The van der Waals surface area contributed by atoms with Crippen molar-refractivity contribution in [2.75, 3.05) is 44.9 Å². The number of methoxy groups -OCH3 is 1. The van der Waals surface area contributed by atoms with E-state index in [0.717, 1.165) is 43.3 Å². The number of Topliss-reactive ketones (excluding diaryl/α,β-unsaturated/α-hetero) is 1. The average Bonchev–Trinajstić information content (AvgIpc) is 2.77. The maximum atomic E-state index is 12.3. The summed E-state index contributed by atoms with van der Waals surface area (Å²) in [5.74, 6) is 0.523. The molecule has 1 amide bonds. The van der Waals surface area contributed by atoms with Gasteiger partial charge in [-0.1, -0.05) is 18.2 Å². The summed E-state index contributed by atoms with van der Waals surface area (Å²) in [6.45, 7) is 3.16. The van der Waals surface area contributed by atoms with Gasteiger partial charge in [-0.3, -0.25) is 9.59 Å². The maximum absolute atomic E-state index is 12.3. The standard InChI is InChI=1S/C22H26N2O4/c1-27-21-5-3-2-4-18(21)8-11-22(26)23-16-20(25)17-6-9-19(10-7-17)24-12-14-28-15-13-24/h2-7,9-10H,8,11-16H2,1H3,(H,23,26). The van der Waals surface area contributed by atoms with Gasteiger partial charge in [0.05, 0.1) is 26.9 Å². The zero-order valence-electron chi connectivity index (χ0n) is 16.1. The third-order valence-electron chi connectivity index (χ3n) is 4.83. The number of ketones is 1. The van der Waals surface area contributed by atoms with Gasteiger partial charge >= 0.3 is 0 Å². The Morgan fingerprint density at radius 3 is 2.50 bits per heavy atom. The molecule has 28 heavy (non-hydrogen) atoms. The second-order valence-corrected chi connectivity index (χ2v) is 6.66. The number of carbonyl (C=O) groups is 2. The predicted molar refractivity (Wildman–Crippen MR) is 108 cm³/mol. The third kappa shape index (κ3) is 5.33. The Hall–Kier alpha value is -2.86. The number of nitrogens with zero attached hydrogens (tertiary/aromatic N) is 1. The number of carbonyl (C=O) groups excluding carboxylic acids is 2. The highest BCUT2D eigenvalue weighted by Gasteiger charge is 2.13. The van der Waals surface area contributed by atoms with Crippen LogP contribution in [0.5, 0.6) is 5.75 Å². The normalized spacial score (nSPS) is 13.8. The minimum atomic E-state index is -0.149. The van der Waals surface area contributed by atoms with Gasteiger partial charge in [-0.2, -0.15) is 0 Å². The van der Waals surface area contributed by atoms with Gasteiger partial charge in [-0.05, 0) is 42.3 Å². The summed E-state index contributed by atoms with van der Waals surface area (Å²) in [6.07, 6.45) is 0.877. The van der Waals surface area contributed by atoms with E-state index in [1.54, 1.807) is 7.11 Å². The van der Waals surface area contributed by atoms with Crippen molar-refractivity contribution in [3.8, 4) is 5.75 Å². The van der Waals surface area contributed by atoms with Gasteiger partial charge in [0.15, 0.2) is 5.78 Å². The summed E-state index contributed by atoms with van der Waals surface area (Å²) in [6, 6.07) is 15.1. The number of rotatable bonds is 8. The number of anilines is 1. The Bertz CT molecular complexity index is 798. The highest BCUT2D eigenvalue weighted by atomic mass is 16.5. The Labute approximate surface area is 165 Å². The highest BCUT2D eigenvalue weighted by Crippen LogP contribution is 2.19. The smallest absolute Gasteiger partial charge is 0.220 e. The highest BCUT2D eigenvalue weighted by molar-refractivity contribution is 5.99. The van der Waals surface area contributed by atoms with Crippen LogP contribution in [0.15, 0.2) is 48.5 Å². The Morgan fingerprint density at radius 2 is 1.79 bits per heavy atom. The van der Waals surface area contributed by atoms with Crippen molar-refractivity contribution in [2.24, 2.45) is 0 Å². The maximum Gasteiger partial charge on any atom is 0.220 e. The quantitative estimate of drug-likeness (QED) is 0.711. The molecule has 1 aliphatic rings. The van der Waals surface area contributed by atoms with E-state index in [-0.39, 0.29) is 18.2 Å². The van der Waals surface area contributed by atoms with Crippen molar-refractivity contribution in [1.29, 1.82) is 0 Å². The van der Waals surface area contributed by atoms with E-state index in [0.29, 0.717) is 18.4 Å². The number of para-hydroxylation sites is 1. The van der Waals surface area contributed by atoms with E-state index in [1.807, 2.05) is 48.5 Å². The second kappa shape index (κ2) is 9.90. The number of benzene rings is 2. The molecule has 0 atom stereocenters. The number of ether oxygens (including phenoxy) is 2. The molecule has 6 heteroatoms. The molecular formula is C22H26N2O4. The molecule has 1 fully saturated rings. The van der Waals surface area contributed by atoms with Gasteiger partial charge in [0.1, 0.15) is 5.75 Å². The lowest BCUT2D eigenvalue weighted by Crippen LogP contribution is -2.36. The zero-order valence-corrected chi connectivity index (χ0v) is 16.1. The monoisotopic (exact) mass is 382 g/mol.